The van der Waals surface area contributed by atoms with Gasteiger partial charge in [-0.1, -0.05) is 0 Å². The maximum absolute atomic E-state index is 13.8. The summed E-state index contributed by atoms with van der Waals surface area (Å²) in [4.78, 5) is 0. The van der Waals surface area contributed by atoms with E-state index in [1.807, 2.05) is 0 Å². The maximum atomic E-state index is 13.8. The second kappa shape index (κ2) is 4.92. The summed E-state index contributed by atoms with van der Waals surface area (Å²) < 4.78 is 41.0. The first-order valence-corrected chi connectivity index (χ1v) is 6.28. The Morgan fingerprint density at radius 3 is 2.61 bits per heavy atom. The minimum Gasteiger partial charge on any atom is -0.314 e. The lowest BCUT2D eigenvalue weighted by Crippen LogP contribution is -2.24. The molecule has 2 rings (SSSR count). The van der Waals surface area contributed by atoms with Crippen LogP contribution in [0.2, 0.25) is 0 Å². The molecular weight excluding hydrogens is 239 g/mol. The zero-order chi connectivity index (χ0) is 13.3. The second-order valence-electron chi connectivity index (χ2n) is 5.40. The number of benzene rings is 1. The van der Waals surface area contributed by atoms with Crippen LogP contribution in [-0.2, 0) is 12.1 Å². The average Bonchev–Trinajstić information content (AvgIpc) is 2.75. The summed E-state index contributed by atoms with van der Waals surface area (Å²) in [6.45, 7) is 3.59. The van der Waals surface area contributed by atoms with Crippen LogP contribution < -0.4 is 5.32 Å². The lowest BCUT2D eigenvalue weighted by molar-refractivity contribution is 0.220. The summed E-state index contributed by atoms with van der Waals surface area (Å²) in [6.07, 6.45) is 2.40. The van der Waals surface area contributed by atoms with Crippen LogP contribution in [0.1, 0.15) is 37.8 Å². The topological polar surface area (TPSA) is 12.0 Å². The molecule has 0 amide bonds. The molecule has 0 aromatic heterocycles. The van der Waals surface area contributed by atoms with Gasteiger partial charge in [-0.3, -0.25) is 0 Å². The number of rotatable bonds is 3. The van der Waals surface area contributed by atoms with Crippen LogP contribution in [0.15, 0.2) is 12.1 Å². The number of hydrogen-bond donors (Lipinski definition) is 1. The summed E-state index contributed by atoms with van der Waals surface area (Å²) in [5.41, 5.74) is -1.21. The first-order chi connectivity index (χ1) is 8.38. The van der Waals surface area contributed by atoms with Gasteiger partial charge in [0.15, 0.2) is 11.6 Å². The molecule has 1 aromatic carbocycles. The molecule has 1 atom stereocenters. The Labute approximate surface area is 105 Å². The van der Waals surface area contributed by atoms with E-state index in [4.69, 9.17) is 0 Å². The first kappa shape index (κ1) is 13.4. The number of hydrogen-bond acceptors (Lipinski definition) is 1. The molecule has 1 aliphatic heterocycles. The lowest BCUT2D eigenvalue weighted by Gasteiger charge is -2.18. The maximum Gasteiger partial charge on any atom is 0.162 e. The predicted molar refractivity (Wildman–Crippen MR) is 65.2 cm³/mol. The Kier molecular flexibility index (Phi) is 3.66. The third-order valence-electron chi connectivity index (χ3n) is 3.42. The Morgan fingerprint density at radius 2 is 2.06 bits per heavy atom. The predicted octanol–water partition coefficient (Wildman–Crippen LogP) is 3.46. The van der Waals surface area contributed by atoms with Crippen molar-refractivity contribution in [2.75, 3.05) is 6.54 Å². The minimum atomic E-state index is -1.66. The smallest absolute Gasteiger partial charge is 0.162 e. The normalized spacial score (nSPS) is 20.4. The van der Waals surface area contributed by atoms with Gasteiger partial charge < -0.3 is 5.32 Å². The Morgan fingerprint density at radius 1 is 1.33 bits per heavy atom. The first-order valence-electron chi connectivity index (χ1n) is 6.28. The van der Waals surface area contributed by atoms with E-state index >= 15 is 0 Å². The van der Waals surface area contributed by atoms with Gasteiger partial charge in [0, 0.05) is 6.04 Å². The third kappa shape index (κ3) is 2.86. The Bertz CT molecular complexity index is 431. The summed E-state index contributed by atoms with van der Waals surface area (Å²) >= 11 is 0. The van der Waals surface area contributed by atoms with E-state index in [2.05, 4.69) is 5.32 Å². The molecule has 1 N–H and O–H groups in total. The quantitative estimate of drug-likeness (QED) is 0.874. The van der Waals surface area contributed by atoms with Crippen molar-refractivity contribution in [3.8, 4) is 0 Å². The lowest BCUT2D eigenvalue weighted by atomic mass is 9.94. The molecular formula is C14H18F3N. The molecule has 1 aromatic rings. The monoisotopic (exact) mass is 257 g/mol. The van der Waals surface area contributed by atoms with Gasteiger partial charge in [0.1, 0.15) is 5.67 Å². The summed E-state index contributed by atoms with van der Waals surface area (Å²) in [5, 5.41) is 3.23. The van der Waals surface area contributed by atoms with Gasteiger partial charge in [-0.15, -0.1) is 0 Å². The third-order valence-corrected chi connectivity index (χ3v) is 3.42. The highest BCUT2D eigenvalue weighted by molar-refractivity contribution is 5.30. The highest BCUT2D eigenvalue weighted by Gasteiger charge is 2.24. The SMILES string of the molecule is CC(C)(F)c1cc(F)c(F)c(CC2CCCN2)c1. The highest BCUT2D eigenvalue weighted by Crippen LogP contribution is 2.28. The molecule has 1 heterocycles. The van der Waals surface area contributed by atoms with Crippen LogP contribution in [-0.4, -0.2) is 12.6 Å². The molecule has 100 valence electrons. The average molecular weight is 257 g/mol. The molecule has 18 heavy (non-hydrogen) atoms. The van der Waals surface area contributed by atoms with Crippen LogP contribution in [0.25, 0.3) is 0 Å². The van der Waals surface area contributed by atoms with E-state index in [0.717, 1.165) is 25.5 Å². The van der Waals surface area contributed by atoms with Crippen molar-refractivity contribution in [1.82, 2.24) is 5.32 Å². The summed E-state index contributed by atoms with van der Waals surface area (Å²) in [7, 11) is 0. The molecule has 0 bridgehead atoms. The molecule has 4 heteroatoms. The second-order valence-corrected chi connectivity index (χ2v) is 5.40. The molecule has 0 saturated carbocycles. The van der Waals surface area contributed by atoms with Crippen LogP contribution in [0, 0.1) is 11.6 Å². The molecule has 0 radical (unpaired) electrons. The van der Waals surface area contributed by atoms with Gasteiger partial charge in [-0.05, 0) is 62.9 Å². The zero-order valence-corrected chi connectivity index (χ0v) is 10.7. The Hall–Kier alpha value is -1.03. The van der Waals surface area contributed by atoms with Gasteiger partial charge in [0.2, 0.25) is 0 Å². The Balaban J connectivity index is 2.30. The molecule has 0 spiro atoms. The van der Waals surface area contributed by atoms with Crippen molar-refractivity contribution in [1.29, 1.82) is 0 Å². The van der Waals surface area contributed by atoms with Crippen molar-refractivity contribution in [2.24, 2.45) is 0 Å². The standard InChI is InChI=1S/C14H18F3N/c1-14(2,17)10-6-9(13(16)12(15)8-10)7-11-4-3-5-18-11/h6,8,11,18H,3-5,7H2,1-2H3. The molecule has 1 fully saturated rings. The van der Waals surface area contributed by atoms with Crippen molar-refractivity contribution in [3.05, 3.63) is 34.9 Å². The van der Waals surface area contributed by atoms with E-state index in [1.54, 1.807) is 0 Å². The van der Waals surface area contributed by atoms with Gasteiger partial charge in [-0.2, -0.15) is 0 Å². The fraction of sp³-hybridized carbons (Fsp3) is 0.571. The molecule has 1 nitrogen and oxygen atoms in total. The van der Waals surface area contributed by atoms with Crippen molar-refractivity contribution >= 4 is 0 Å². The van der Waals surface area contributed by atoms with E-state index < -0.39 is 17.3 Å². The van der Waals surface area contributed by atoms with Gasteiger partial charge in [0.25, 0.3) is 0 Å². The van der Waals surface area contributed by atoms with E-state index in [1.165, 1.54) is 19.9 Å². The van der Waals surface area contributed by atoms with Crippen molar-refractivity contribution in [2.45, 2.75) is 44.8 Å². The van der Waals surface area contributed by atoms with E-state index in [-0.39, 0.29) is 17.2 Å². The summed E-state index contributed by atoms with van der Waals surface area (Å²) in [5.74, 6) is -1.82. The van der Waals surface area contributed by atoms with Gasteiger partial charge >= 0.3 is 0 Å². The van der Waals surface area contributed by atoms with Crippen molar-refractivity contribution < 1.29 is 13.2 Å². The van der Waals surface area contributed by atoms with Crippen LogP contribution in [0.3, 0.4) is 0 Å². The van der Waals surface area contributed by atoms with Crippen LogP contribution in [0.4, 0.5) is 13.2 Å². The summed E-state index contributed by atoms with van der Waals surface area (Å²) in [6, 6.07) is 2.55. The highest BCUT2D eigenvalue weighted by atomic mass is 19.2. The van der Waals surface area contributed by atoms with E-state index in [0.29, 0.717) is 6.42 Å². The molecule has 1 aliphatic rings. The van der Waals surface area contributed by atoms with Crippen LogP contribution in [0.5, 0.6) is 0 Å². The molecule has 1 saturated heterocycles. The number of nitrogens with one attached hydrogen (secondary N) is 1. The largest absolute Gasteiger partial charge is 0.314 e. The van der Waals surface area contributed by atoms with Crippen molar-refractivity contribution in [3.63, 3.8) is 0 Å². The van der Waals surface area contributed by atoms with Crippen LogP contribution >= 0.6 is 0 Å². The fourth-order valence-corrected chi connectivity index (χ4v) is 2.33. The zero-order valence-electron chi connectivity index (χ0n) is 10.7. The molecule has 1 unspecified atom stereocenters. The number of halogens is 3. The van der Waals surface area contributed by atoms with E-state index in [9.17, 15) is 13.2 Å². The number of alkyl halides is 1. The molecule has 0 aliphatic carbocycles. The fourth-order valence-electron chi connectivity index (χ4n) is 2.33. The van der Waals surface area contributed by atoms with Gasteiger partial charge in [0.05, 0.1) is 0 Å². The van der Waals surface area contributed by atoms with Gasteiger partial charge in [-0.25, -0.2) is 13.2 Å². The minimum absolute atomic E-state index is 0.164.